The van der Waals surface area contributed by atoms with Crippen molar-refractivity contribution in [3.63, 3.8) is 0 Å². The standard InChI is InChI=1S/C12H9NO/c14-9-13-12-7-3-6-10-4-1-2-5-11(10)8-12/h1-8,12H/t12-/m0/s1. The molecule has 0 radical (unpaired) electrons. The van der Waals surface area contributed by atoms with Crippen molar-refractivity contribution in [1.29, 1.82) is 0 Å². The van der Waals surface area contributed by atoms with Gasteiger partial charge in [-0.15, -0.1) is 0 Å². The van der Waals surface area contributed by atoms with Crippen LogP contribution < -0.4 is 10.4 Å². The molecule has 0 aliphatic heterocycles. The maximum absolute atomic E-state index is 10.1. The zero-order chi connectivity index (χ0) is 9.80. The minimum Gasteiger partial charge on any atom is -0.211 e. The zero-order valence-electron chi connectivity index (χ0n) is 7.55. The van der Waals surface area contributed by atoms with E-state index in [0.717, 1.165) is 10.4 Å². The Labute approximate surface area is 81.6 Å². The minimum absolute atomic E-state index is 0.188. The maximum Gasteiger partial charge on any atom is 0.235 e. The van der Waals surface area contributed by atoms with E-state index in [1.54, 1.807) is 6.08 Å². The molecule has 1 aromatic rings. The second-order valence-corrected chi connectivity index (χ2v) is 3.06. The van der Waals surface area contributed by atoms with E-state index in [4.69, 9.17) is 0 Å². The van der Waals surface area contributed by atoms with Gasteiger partial charge in [0, 0.05) is 0 Å². The summed E-state index contributed by atoms with van der Waals surface area (Å²) in [5, 5.41) is 2.24. The number of allylic oxidation sites excluding steroid dienone is 1. The summed E-state index contributed by atoms with van der Waals surface area (Å²) in [6.07, 6.45) is 9.30. The molecule has 0 heterocycles. The maximum atomic E-state index is 10.1. The second kappa shape index (κ2) is 3.86. The molecule has 0 fully saturated rings. The van der Waals surface area contributed by atoms with Crippen LogP contribution in [0.5, 0.6) is 0 Å². The van der Waals surface area contributed by atoms with Gasteiger partial charge in [-0.05, 0) is 16.5 Å². The van der Waals surface area contributed by atoms with Crippen LogP contribution in [-0.2, 0) is 4.79 Å². The topological polar surface area (TPSA) is 29.4 Å². The first-order valence-electron chi connectivity index (χ1n) is 4.42. The number of carbonyl (C=O) groups excluding carboxylic acids is 1. The number of fused-ring (bicyclic) bond motifs is 1. The van der Waals surface area contributed by atoms with Gasteiger partial charge < -0.3 is 0 Å². The first-order chi connectivity index (χ1) is 6.90. The smallest absolute Gasteiger partial charge is 0.211 e. The Hall–Kier alpha value is -1.92. The third-order valence-electron chi connectivity index (χ3n) is 2.13. The number of hydrogen-bond donors (Lipinski definition) is 0. The van der Waals surface area contributed by atoms with Crippen molar-refractivity contribution in [1.82, 2.24) is 0 Å². The molecule has 0 N–H and O–H groups in total. The van der Waals surface area contributed by atoms with Crippen molar-refractivity contribution in [2.45, 2.75) is 6.04 Å². The monoisotopic (exact) mass is 183 g/mol. The summed E-state index contributed by atoms with van der Waals surface area (Å²) in [7, 11) is 0. The van der Waals surface area contributed by atoms with Crippen molar-refractivity contribution < 1.29 is 4.79 Å². The molecule has 14 heavy (non-hydrogen) atoms. The number of aliphatic imine (C=N–C) groups is 1. The Kier molecular flexibility index (Phi) is 2.39. The van der Waals surface area contributed by atoms with Gasteiger partial charge in [-0.3, -0.25) is 0 Å². The highest BCUT2D eigenvalue weighted by atomic mass is 16.1. The quantitative estimate of drug-likeness (QED) is 0.461. The highest BCUT2D eigenvalue weighted by Crippen LogP contribution is 1.96. The molecule has 0 amide bonds. The lowest BCUT2D eigenvalue weighted by Crippen LogP contribution is -2.24. The zero-order valence-corrected chi connectivity index (χ0v) is 7.55. The number of rotatable bonds is 1. The number of isocyanates is 1. The van der Waals surface area contributed by atoms with Crippen LogP contribution in [0.15, 0.2) is 41.4 Å². The highest BCUT2D eigenvalue weighted by Gasteiger charge is 1.98. The summed E-state index contributed by atoms with van der Waals surface area (Å²) in [5.41, 5.74) is 0. The Morgan fingerprint density at radius 2 is 2.00 bits per heavy atom. The predicted octanol–water partition coefficient (Wildman–Crippen LogP) is 0.522. The van der Waals surface area contributed by atoms with Gasteiger partial charge in [-0.25, -0.2) is 4.79 Å². The molecule has 1 aromatic carbocycles. The van der Waals surface area contributed by atoms with E-state index in [0.29, 0.717) is 0 Å². The van der Waals surface area contributed by atoms with E-state index in [1.165, 1.54) is 0 Å². The Bertz CT molecular complexity index is 521. The molecular formula is C12H9NO. The SMILES string of the molecule is O=C=N[C@H]1C=CC=c2ccccc2=C1. The summed E-state index contributed by atoms with van der Waals surface area (Å²) in [6, 6.07) is 7.80. The van der Waals surface area contributed by atoms with Gasteiger partial charge in [0.2, 0.25) is 6.08 Å². The average Bonchev–Trinajstić information content (AvgIpc) is 2.40. The van der Waals surface area contributed by atoms with E-state index in [2.05, 4.69) is 4.99 Å². The molecule has 2 heteroatoms. The third-order valence-corrected chi connectivity index (χ3v) is 2.13. The lowest BCUT2D eigenvalue weighted by Gasteiger charge is -1.94. The fourth-order valence-electron chi connectivity index (χ4n) is 1.47. The summed E-state index contributed by atoms with van der Waals surface area (Å²) in [5.74, 6) is 0. The Morgan fingerprint density at radius 3 is 2.79 bits per heavy atom. The van der Waals surface area contributed by atoms with Crippen LogP contribution in [0.3, 0.4) is 0 Å². The van der Waals surface area contributed by atoms with Crippen LogP contribution in [-0.4, -0.2) is 12.1 Å². The predicted molar refractivity (Wildman–Crippen MR) is 55.7 cm³/mol. The van der Waals surface area contributed by atoms with Gasteiger partial charge in [0.05, 0.1) is 6.04 Å². The van der Waals surface area contributed by atoms with Crippen molar-refractivity contribution in [2.75, 3.05) is 0 Å². The first-order valence-corrected chi connectivity index (χ1v) is 4.42. The Balaban J connectivity index is 2.63. The van der Waals surface area contributed by atoms with Crippen molar-refractivity contribution >= 4 is 18.2 Å². The van der Waals surface area contributed by atoms with Gasteiger partial charge >= 0.3 is 0 Å². The molecular weight excluding hydrogens is 174 g/mol. The molecule has 0 aromatic heterocycles. The molecule has 1 atom stereocenters. The largest absolute Gasteiger partial charge is 0.235 e. The normalized spacial score (nSPS) is 18.1. The fourth-order valence-corrected chi connectivity index (χ4v) is 1.47. The van der Waals surface area contributed by atoms with Crippen LogP contribution in [0.1, 0.15) is 0 Å². The van der Waals surface area contributed by atoms with Crippen molar-refractivity contribution in [3.05, 3.63) is 46.9 Å². The molecule has 0 saturated carbocycles. The second-order valence-electron chi connectivity index (χ2n) is 3.06. The molecule has 0 saturated heterocycles. The van der Waals surface area contributed by atoms with Gasteiger partial charge in [-0.1, -0.05) is 42.5 Å². The fraction of sp³-hybridized carbons (Fsp3) is 0.0833. The minimum atomic E-state index is -0.188. The van der Waals surface area contributed by atoms with Crippen LogP contribution in [0.2, 0.25) is 0 Å². The summed E-state index contributed by atoms with van der Waals surface area (Å²) < 4.78 is 0. The summed E-state index contributed by atoms with van der Waals surface area (Å²) in [4.78, 5) is 13.8. The lowest BCUT2D eigenvalue weighted by atomic mass is 10.2. The molecule has 1 aliphatic rings. The van der Waals surface area contributed by atoms with Gasteiger partial charge in [0.1, 0.15) is 0 Å². The highest BCUT2D eigenvalue weighted by molar-refractivity contribution is 5.50. The first kappa shape index (κ1) is 8.67. The average molecular weight is 183 g/mol. The van der Waals surface area contributed by atoms with Gasteiger partial charge in [0.25, 0.3) is 0 Å². The van der Waals surface area contributed by atoms with Crippen LogP contribution in [0.25, 0.3) is 12.2 Å². The van der Waals surface area contributed by atoms with Gasteiger partial charge in [0.15, 0.2) is 0 Å². The van der Waals surface area contributed by atoms with Crippen molar-refractivity contribution in [3.8, 4) is 0 Å². The van der Waals surface area contributed by atoms with Crippen LogP contribution in [0, 0.1) is 0 Å². The van der Waals surface area contributed by atoms with E-state index in [9.17, 15) is 4.79 Å². The summed E-state index contributed by atoms with van der Waals surface area (Å²) in [6.45, 7) is 0. The molecule has 2 nitrogen and oxygen atoms in total. The van der Waals surface area contributed by atoms with Gasteiger partial charge in [-0.2, -0.15) is 4.99 Å². The number of benzene rings is 1. The van der Waals surface area contributed by atoms with E-state index >= 15 is 0 Å². The van der Waals surface area contributed by atoms with E-state index in [1.807, 2.05) is 48.6 Å². The number of nitrogens with zero attached hydrogens (tertiary/aromatic N) is 1. The van der Waals surface area contributed by atoms with E-state index in [-0.39, 0.29) is 6.04 Å². The Morgan fingerprint density at radius 1 is 1.21 bits per heavy atom. The molecule has 1 aliphatic carbocycles. The van der Waals surface area contributed by atoms with Crippen LogP contribution in [0.4, 0.5) is 0 Å². The summed E-state index contributed by atoms with van der Waals surface area (Å²) >= 11 is 0. The van der Waals surface area contributed by atoms with Crippen LogP contribution >= 0.6 is 0 Å². The molecule has 0 spiro atoms. The molecule has 68 valence electrons. The molecule has 2 rings (SSSR count). The molecule has 0 unspecified atom stereocenters. The van der Waals surface area contributed by atoms with Crippen molar-refractivity contribution in [2.24, 2.45) is 4.99 Å². The third kappa shape index (κ3) is 1.70. The lowest BCUT2D eigenvalue weighted by molar-refractivity contribution is 0.563. The van der Waals surface area contributed by atoms with E-state index < -0.39 is 0 Å². The molecule has 0 bridgehead atoms. The number of hydrogen-bond acceptors (Lipinski definition) is 2.